The zero-order chi connectivity index (χ0) is 11.4. The van der Waals surface area contributed by atoms with E-state index in [1.165, 1.54) is 0 Å². The smallest absolute Gasteiger partial charge is 0.272 e. The maximum absolute atomic E-state index is 11.6. The maximum atomic E-state index is 11.6. The molecule has 0 aliphatic rings. The van der Waals surface area contributed by atoms with Gasteiger partial charge in [0.1, 0.15) is 11.5 Å². The van der Waals surface area contributed by atoms with Crippen LogP contribution >= 0.6 is 0 Å². The highest BCUT2D eigenvalue weighted by molar-refractivity contribution is 5.92. The number of carbonyl (C=O) groups excluding carboxylic acids is 1. The minimum absolute atomic E-state index is 0.191. The molecule has 0 fully saturated rings. The van der Waals surface area contributed by atoms with E-state index in [-0.39, 0.29) is 5.91 Å². The number of hydrogen-bond acceptors (Lipinski definition) is 3. The van der Waals surface area contributed by atoms with Crippen molar-refractivity contribution in [2.45, 2.75) is 20.0 Å². The highest BCUT2D eigenvalue weighted by Crippen LogP contribution is 2.00. The number of carbonyl (C=O) groups is 1. The van der Waals surface area contributed by atoms with Gasteiger partial charge in [-0.2, -0.15) is 5.10 Å². The summed E-state index contributed by atoms with van der Waals surface area (Å²) in [5.41, 5.74) is 0.424. The number of aromatic nitrogens is 2. The van der Waals surface area contributed by atoms with E-state index in [2.05, 4.69) is 10.4 Å². The van der Waals surface area contributed by atoms with Crippen LogP contribution in [-0.2, 0) is 13.1 Å². The Labute approximate surface area is 93.1 Å². The Balaban J connectivity index is 1.93. The van der Waals surface area contributed by atoms with Crippen LogP contribution in [0.5, 0.6) is 0 Å². The number of aryl methyl sites for hydroxylation is 1. The summed E-state index contributed by atoms with van der Waals surface area (Å²) in [6.45, 7) is 3.10. The number of furan rings is 1. The molecule has 1 N–H and O–H groups in total. The third-order valence-corrected chi connectivity index (χ3v) is 2.20. The standard InChI is InChI=1S/C11H13N3O2/c1-2-14-6-5-10(13-14)11(15)12-8-9-4-3-7-16-9/h3-7H,2,8H2,1H3,(H,12,15). The molecule has 2 aromatic heterocycles. The van der Waals surface area contributed by atoms with Gasteiger partial charge in [0.05, 0.1) is 12.8 Å². The number of nitrogens with one attached hydrogen (secondary N) is 1. The molecular formula is C11H13N3O2. The first kappa shape index (κ1) is 10.5. The lowest BCUT2D eigenvalue weighted by molar-refractivity contribution is 0.0942. The monoisotopic (exact) mass is 219 g/mol. The second-order valence-electron chi connectivity index (χ2n) is 3.32. The van der Waals surface area contributed by atoms with Gasteiger partial charge in [-0.1, -0.05) is 0 Å². The molecule has 0 radical (unpaired) electrons. The van der Waals surface area contributed by atoms with Crippen LogP contribution in [0.3, 0.4) is 0 Å². The summed E-state index contributed by atoms with van der Waals surface area (Å²) >= 11 is 0. The zero-order valence-electron chi connectivity index (χ0n) is 9.01. The van der Waals surface area contributed by atoms with Gasteiger partial charge in [0.2, 0.25) is 0 Å². The largest absolute Gasteiger partial charge is 0.467 e. The van der Waals surface area contributed by atoms with E-state index in [4.69, 9.17) is 4.42 Å². The van der Waals surface area contributed by atoms with Crippen LogP contribution in [0.1, 0.15) is 23.2 Å². The number of rotatable bonds is 4. The minimum Gasteiger partial charge on any atom is -0.467 e. The van der Waals surface area contributed by atoms with Gasteiger partial charge in [-0.25, -0.2) is 0 Å². The van der Waals surface area contributed by atoms with Crippen LogP contribution in [0.25, 0.3) is 0 Å². The number of nitrogens with zero attached hydrogens (tertiary/aromatic N) is 2. The zero-order valence-corrected chi connectivity index (χ0v) is 9.01. The fourth-order valence-corrected chi connectivity index (χ4v) is 1.33. The van der Waals surface area contributed by atoms with Crippen molar-refractivity contribution in [1.82, 2.24) is 15.1 Å². The second kappa shape index (κ2) is 4.65. The van der Waals surface area contributed by atoms with Gasteiger partial charge in [0.25, 0.3) is 5.91 Å². The summed E-state index contributed by atoms with van der Waals surface area (Å²) < 4.78 is 6.82. The Morgan fingerprint density at radius 1 is 1.56 bits per heavy atom. The highest BCUT2D eigenvalue weighted by Gasteiger charge is 2.08. The lowest BCUT2D eigenvalue weighted by Gasteiger charge is -1.99. The molecule has 2 rings (SSSR count). The van der Waals surface area contributed by atoms with E-state index < -0.39 is 0 Å². The Morgan fingerprint density at radius 3 is 3.06 bits per heavy atom. The van der Waals surface area contributed by atoms with Crippen LogP contribution < -0.4 is 5.32 Å². The van der Waals surface area contributed by atoms with Crippen molar-refractivity contribution in [3.05, 3.63) is 42.1 Å². The van der Waals surface area contributed by atoms with Gasteiger partial charge in [0.15, 0.2) is 0 Å². The Kier molecular flexibility index (Phi) is 3.05. The van der Waals surface area contributed by atoms with Gasteiger partial charge < -0.3 is 9.73 Å². The number of amides is 1. The van der Waals surface area contributed by atoms with Gasteiger partial charge in [0, 0.05) is 12.7 Å². The van der Waals surface area contributed by atoms with Crippen molar-refractivity contribution in [3.63, 3.8) is 0 Å². The molecule has 0 aliphatic carbocycles. The predicted molar refractivity (Wildman–Crippen MR) is 57.8 cm³/mol. The predicted octanol–water partition coefficient (Wildman–Crippen LogP) is 1.43. The van der Waals surface area contributed by atoms with Crippen LogP contribution in [0.4, 0.5) is 0 Å². The molecule has 0 bridgehead atoms. The van der Waals surface area contributed by atoms with Crippen molar-refractivity contribution in [3.8, 4) is 0 Å². The van der Waals surface area contributed by atoms with Gasteiger partial charge in [-0.15, -0.1) is 0 Å². The lowest BCUT2D eigenvalue weighted by atomic mass is 10.4. The number of hydrogen-bond donors (Lipinski definition) is 1. The van der Waals surface area contributed by atoms with E-state index in [1.54, 1.807) is 29.3 Å². The van der Waals surface area contributed by atoms with Crippen molar-refractivity contribution < 1.29 is 9.21 Å². The van der Waals surface area contributed by atoms with Crippen molar-refractivity contribution >= 4 is 5.91 Å². The molecule has 1 amide bonds. The average molecular weight is 219 g/mol. The molecule has 0 saturated heterocycles. The normalized spacial score (nSPS) is 10.3. The Hall–Kier alpha value is -2.04. The first-order valence-corrected chi connectivity index (χ1v) is 5.13. The summed E-state index contributed by atoms with van der Waals surface area (Å²) in [6, 6.07) is 5.29. The molecule has 16 heavy (non-hydrogen) atoms. The molecule has 5 heteroatoms. The summed E-state index contributed by atoms with van der Waals surface area (Å²) in [6.07, 6.45) is 3.36. The summed E-state index contributed by atoms with van der Waals surface area (Å²) in [5, 5.41) is 6.83. The van der Waals surface area contributed by atoms with Crippen molar-refractivity contribution in [2.75, 3.05) is 0 Å². The summed E-state index contributed by atoms with van der Waals surface area (Å²) in [4.78, 5) is 11.6. The molecule has 5 nitrogen and oxygen atoms in total. The molecule has 0 aromatic carbocycles. The molecule has 84 valence electrons. The molecule has 0 aliphatic heterocycles. The Bertz CT molecular complexity index is 459. The van der Waals surface area contributed by atoms with Gasteiger partial charge >= 0.3 is 0 Å². The first-order valence-electron chi connectivity index (χ1n) is 5.13. The fraction of sp³-hybridized carbons (Fsp3) is 0.273. The minimum atomic E-state index is -0.191. The SMILES string of the molecule is CCn1ccc(C(=O)NCc2ccco2)n1. The van der Waals surface area contributed by atoms with E-state index >= 15 is 0 Å². The third-order valence-electron chi connectivity index (χ3n) is 2.20. The van der Waals surface area contributed by atoms with Crippen molar-refractivity contribution in [2.24, 2.45) is 0 Å². The molecule has 2 heterocycles. The lowest BCUT2D eigenvalue weighted by Crippen LogP contribution is -2.23. The fourth-order valence-electron chi connectivity index (χ4n) is 1.33. The van der Waals surface area contributed by atoms with Gasteiger partial charge in [-0.3, -0.25) is 9.48 Å². The molecule has 2 aromatic rings. The van der Waals surface area contributed by atoms with Crippen LogP contribution in [-0.4, -0.2) is 15.7 Å². The molecule has 0 spiro atoms. The molecular weight excluding hydrogens is 206 g/mol. The second-order valence-corrected chi connectivity index (χ2v) is 3.32. The van der Waals surface area contributed by atoms with E-state index in [0.717, 1.165) is 12.3 Å². The van der Waals surface area contributed by atoms with Crippen molar-refractivity contribution in [1.29, 1.82) is 0 Å². The van der Waals surface area contributed by atoms with Crippen LogP contribution in [0, 0.1) is 0 Å². The average Bonchev–Trinajstić information content (AvgIpc) is 2.96. The molecule has 0 atom stereocenters. The summed E-state index contributed by atoms with van der Waals surface area (Å²) in [5.74, 6) is 0.534. The molecule has 0 saturated carbocycles. The third kappa shape index (κ3) is 2.31. The Morgan fingerprint density at radius 2 is 2.44 bits per heavy atom. The van der Waals surface area contributed by atoms with Crippen LogP contribution in [0.15, 0.2) is 35.1 Å². The van der Waals surface area contributed by atoms with Gasteiger partial charge in [-0.05, 0) is 25.1 Å². The van der Waals surface area contributed by atoms with E-state index in [0.29, 0.717) is 12.2 Å². The maximum Gasteiger partial charge on any atom is 0.272 e. The topological polar surface area (TPSA) is 60.1 Å². The molecule has 0 unspecified atom stereocenters. The van der Waals surface area contributed by atoms with Crippen LogP contribution in [0.2, 0.25) is 0 Å². The van der Waals surface area contributed by atoms with E-state index in [1.807, 2.05) is 13.0 Å². The summed E-state index contributed by atoms with van der Waals surface area (Å²) in [7, 11) is 0. The highest BCUT2D eigenvalue weighted by atomic mass is 16.3. The first-order chi connectivity index (χ1) is 7.79. The quantitative estimate of drug-likeness (QED) is 0.846. The van der Waals surface area contributed by atoms with E-state index in [9.17, 15) is 4.79 Å².